The Hall–Kier alpha value is -1.63. The van der Waals surface area contributed by atoms with Crippen molar-refractivity contribution >= 4 is 11.6 Å². The standard InChI is InChI=1S/C31H45NO5/c1-18(8-11-28(36)32-17-37-26-7-5-4-6-24(26)32)21-9-10-22-29-23(16-27(35)31(21,22)3)30(2)13-12-20(33)14-19(30)15-25(29)34/h4-7,18-23,25,27,29,33-35H,8-17H2,1-3H3/t18-,19+,20-,21-,22+,23+,25-,27+,29+,30+,31-/m1/s1. The summed E-state index contributed by atoms with van der Waals surface area (Å²) < 4.78 is 5.69. The number of nitrogens with zero attached hydrogens (tertiary/aromatic N) is 1. The van der Waals surface area contributed by atoms with E-state index in [0.717, 1.165) is 62.8 Å². The predicted octanol–water partition coefficient (Wildman–Crippen LogP) is 4.75. The molecule has 4 saturated carbocycles. The number of hydrogen-bond donors (Lipinski definition) is 3. The van der Waals surface area contributed by atoms with Gasteiger partial charge in [0.1, 0.15) is 5.75 Å². The Balaban J connectivity index is 1.16. The molecule has 6 nitrogen and oxygen atoms in total. The molecule has 1 aromatic carbocycles. The maximum Gasteiger partial charge on any atom is 0.229 e. The molecule has 0 unspecified atom stereocenters. The number of para-hydroxylation sites is 2. The van der Waals surface area contributed by atoms with Crippen molar-refractivity contribution in [3.8, 4) is 5.75 Å². The molecular formula is C31H45NO5. The van der Waals surface area contributed by atoms with Crippen LogP contribution < -0.4 is 9.64 Å². The summed E-state index contributed by atoms with van der Waals surface area (Å²) in [6.07, 6.45) is 6.54. The van der Waals surface area contributed by atoms with E-state index in [9.17, 15) is 20.1 Å². The number of aliphatic hydroxyl groups is 3. The lowest BCUT2D eigenvalue weighted by molar-refractivity contribution is -0.207. The molecule has 204 valence electrons. The van der Waals surface area contributed by atoms with Gasteiger partial charge in [-0.2, -0.15) is 0 Å². The van der Waals surface area contributed by atoms with Crippen LogP contribution >= 0.6 is 0 Å². The van der Waals surface area contributed by atoms with Crippen LogP contribution in [0.1, 0.15) is 78.6 Å². The Morgan fingerprint density at radius 2 is 1.86 bits per heavy atom. The second-order valence-electron chi connectivity index (χ2n) is 13.6. The highest BCUT2D eigenvalue weighted by atomic mass is 16.5. The number of ether oxygens (including phenoxy) is 1. The van der Waals surface area contributed by atoms with Crippen molar-refractivity contribution in [3.05, 3.63) is 24.3 Å². The first-order chi connectivity index (χ1) is 17.6. The maximum atomic E-state index is 13.1. The molecular weight excluding hydrogens is 466 g/mol. The summed E-state index contributed by atoms with van der Waals surface area (Å²) in [6.45, 7) is 7.20. The van der Waals surface area contributed by atoms with E-state index in [2.05, 4.69) is 20.8 Å². The molecule has 6 heteroatoms. The molecule has 1 amide bonds. The lowest BCUT2D eigenvalue weighted by atomic mass is 9.43. The summed E-state index contributed by atoms with van der Waals surface area (Å²) in [5, 5.41) is 33.6. The zero-order valence-corrected chi connectivity index (χ0v) is 22.7. The van der Waals surface area contributed by atoms with Gasteiger partial charge >= 0.3 is 0 Å². The van der Waals surface area contributed by atoms with E-state index in [1.807, 2.05) is 24.3 Å². The van der Waals surface area contributed by atoms with Gasteiger partial charge in [0.2, 0.25) is 5.91 Å². The molecule has 6 rings (SSSR count). The summed E-state index contributed by atoms with van der Waals surface area (Å²) in [5.74, 6) is 2.71. The number of benzene rings is 1. The van der Waals surface area contributed by atoms with Crippen LogP contribution in [0.5, 0.6) is 5.75 Å². The highest BCUT2D eigenvalue weighted by Crippen LogP contribution is 2.68. The molecule has 5 aliphatic rings. The molecule has 0 bridgehead atoms. The van der Waals surface area contributed by atoms with Crippen LogP contribution in [0.2, 0.25) is 0 Å². The molecule has 0 aromatic heterocycles. The molecule has 1 aromatic rings. The Morgan fingerprint density at radius 3 is 2.68 bits per heavy atom. The first kappa shape index (κ1) is 25.6. The van der Waals surface area contributed by atoms with E-state index in [-0.39, 0.29) is 41.6 Å². The summed E-state index contributed by atoms with van der Waals surface area (Å²) in [6, 6.07) is 7.70. The first-order valence-electron chi connectivity index (χ1n) is 14.7. The van der Waals surface area contributed by atoms with Crippen molar-refractivity contribution in [3.63, 3.8) is 0 Å². The minimum Gasteiger partial charge on any atom is -0.470 e. The van der Waals surface area contributed by atoms with E-state index in [4.69, 9.17) is 4.74 Å². The van der Waals surface area contributed by atoms with Gasteiger partial charge in [-0.3, -0.25) is 9.69 Å². The third-order valence-electron chi connectivity index (χ3n) is 12.1. The van der Waals surface area contributed by atoms with Gasteiger partial charge < -0.3 is 20.1 Å². The van der Waals surface area contributed by atoms with Crippen molar-refractivity contribution in [1.29, 1.82) is 0 Å². The molecule has 4 aliphatic carbocycles. The van der Waals surface area contributed by atoms with Gasteiger partial charge in [-0.25, -0.2) is 0 Å². The molecule has 3 N–H and O–H groups in total. The average Bonchev–Trinajstić information content (AvgIpc) is 3.46. The van der Waals surface area contributed by atoms with Gasteiger partial charge in [0.15, 0.2) is 6.73 Å². The van der Waals surface area contributed by atoms with Crippen molar-refractivity contribution in [2.45, 2.75) is 96.9 Å². The lowest BCUT2D eigenvalue weighted by Crippen LogP contribution is -2.62. The predicted molar refractivity (Wildman–Crippen MR) is 142 cm³/mol. The topological polar surface area (TPSA) is 90.2 Å². The van der Waals surface area contributed by atoms with Gasteiger partial charge in [0.05, 0.1) is 24.0 Å². The first-order valence-corrected chi connectivity index (χ1v) is 14.7. The fourth-order valence-corrected chi connectivity index (χ4v) is 10.0. The zero-order chi connectivity index (χ0) is 26.1. The fourth-order valence-electron chi connectivity index (χ4n) is 10.0. The second-order valence-corrected chi connectivity index (χ2v) is 13.6. The van der Waals surface area contributed by atoms with Crippen LogP contribution in [-0.4, -0.2) is 46.3 Å². The number of amides is 1. The van der Waals surface area contributed by atoms with Gasteiger partial charge in [-0.05, 0) is 110 Å². The number of rotatable bonds is 4. The summed E-state index contributed by atoms with van der Waals surface area (Å²) in [5.41, 5.74) is 0.719. The molecule has 37 heavy (non-hydrogen) atoms. The number of fused-ring (bicyclic) bond motifs is 6. The molecule has 1 aliphatic heterocycles. The molecule has 0 spiro atoms. The fraction of sp³-hybridized carbons (Fsp3) is 0.774. The number of anilines is 1. The molecule has 0 saturated heterocycles. The van der Waals surface area contributed by atoms with Crippen molar-refractivity contribution in [2.24, 2.45) is 46.3 Å². The SMILES string of the molecule is C[C@H](CCC(=O)N1COc2ccccc21)[C@H]1CC[C@H]2[C@@H]3[C@H](O)C[C@@H]4C[C@H](O)CC[C@]4(C)[C@H]3C[C@H](O)[C@]12C. The third-order valence-corrected chi connectivity index (χ3v) is 12.1. The lowest BCUT2D eigenvalue weighted by Gasteiger charge is -2.63. The number of aliphatic hydroxyl groups excluding tert-OH is 3. The molecule has 1 heterocycles. The Kier molecular flexibility index (Phi) is 6.40. The minimum atomic E-state index is -0.391. The highest BCUT2D eigenvalue weighted by Gasteiger charge is 2.65. The summed E-state index contributed by atoms with van der Waals surface area (Å²) in [4.78, 5) is 14.9. The van der Waals surface area contributed by atoms with Crippen LogP contribution in [0.25, 0.3) is 0 Å². The number of carbonyl (C=O) groups excluding carboxylic acids is 1. The van der Waals surface area contributed by atoms with E-state index in [1.165, 1.54) is 0 Å². The molecule has 0 radical (unpaired) electrons. The van der Waals surface area contributed by atoms with E-state index >= 15 is 0 Å². The molecule has 4 fully saturated rings. The van der Waals surface area contributed by atoms with Crippen LogP contribution in [0.4, 0.5) is 5.69 Å². The van der Waals surface area contributed by atoms with Crippen LogP contribution in [0.3, 0.4) is 0 Å². The van der Waals surface area contributed by atoms with E-state index in [1.54, 1.807) is 4.90 Å². The van der Waals surface area contributed by atoms with Gasteiger partial charge in [0, 0.05) is 6.42 Å². The maximum absolute atomic E-state index is 13.1. The van der Waals surface area contributed by atoms with Gasteiger partial charge in [0.25, 0.3) is 0 Å². The second kappa shape index (κ2) is 9.24. The summed E-state index contributed by atoms with van der Waals surface area (Å²) in [7, 11) is 0. The molecule has 11 atom stereocenters. The highest BCUT2D eigenvalue weighted by molar-refractivity contribution is 5.95. The Bertz CT molecular complexity index is 1030. The Labute approximate surface area is 221 Å². The summed E-state index contributed by atoms with van der Waals surface area (Å²) >= 11 is 0. The third kappa shape index (κ3) is 3.88. The minimum absolute atomic E-state index is 0.0929. The van der Waals surface area contributed by atoms with Crippen molar-refractivity contribution < 1.29 is 24.9 Å². The van der Waals surface area contributed by atoms with Crippen molar-refractivity contribution in [1.82, 2.24) is 0 Å². The number of hydrogen-bond acceptors (Lipinski definition) is 5. The van der Waals surface area contributed by atoms with Crippen LogP contribution in [0.15, 0.2) is 24.3 Å². The Morgan fingerprint density at radius 1 is 1.08 bits per heavy atom. The van der Waals surface area contributed by atoms with Gasteiger partial charge in [-0.15, -0.1) is 0 Å². The monoisotopic (exact) mass is 511 g/mol. The van der Waals surface area contributed by atoms with Crippen molar-refractivity contribution in [2.75, 3.05) is 11.6 Å². The van der Waals surface area contributed by atoms with E-state index < -0.39 is 6.10 Å². The smallest absolute Gasteiger partial charge is 0.229 e. The van der Waals surface area contributed by atoms with E-state index in [0.29, 0.717) is 36.0 Å². The quantitative estimate of drug-likeness (QED) is 0.543. The van der Waals surface area contributed by atoms with Crippen LogP contribution in [-0.2, 0) is 4.79 Å². The normalized spacial score (nSPS) is 45.3. The number of carbonyl (C=O) groups is 1. The zero-order valence-electron chi connectivity index (χ0n) is 22.7. The largest absolute Gasteiger partial charge is 0.470 e. The van der Waals surface area contributed by atoms with Crippen LogP contribution in [0, 0.1) is 46.3 Å². The van der Waals surface area contributed by atoms with Gasteiger partial charge in [-0.1, -0.05) is 32.9 Å². The average molecular weight is 512 g/mol.